The third-order valence-corrected chi connectivity index (χ3v) is 2.62. The van der Waals surface area contributed by atoms with E-state index in [0.29, 0.717) is 11.3 Å². The number of hydrogen-bond donors (Lipinski definition) is 0. The van der Waals surface area contributed by atoms with E-state index in [-0.39, 0.29) is 0 Å². The van der Waals surface area contributed by atoms with Crippen LogP contribution in [0.25, 0.3) is 0 Å². The van der Waals surface area contributed by atoms with E-state index in [1.54, 1.807) is 30.5 Å². The summed E-state index contributed by atoms with van der Waals surface area (Å²) >= 11 is 0. The van der Waals surface area contributed by atoms with Crippen LogP contribution in [0.4, 0.5) is 0 Å². The molecule has 2 aromatic carbocycles. The minimum absolute atomic E-state index is 0.611. The zero-order chi connectivity index (χ0) is 13.3. The van der Waals surface area contributed by atoms with Crippen molar-refractivity contribution in [1.82, 2.24) is 0 Å². The Morgan fingerprint density at radius 1 is 1.05 bits per heavy atom. The molecule has 0 spiro atoms. The van der Waals surface area contributed by atoms with E-state index < -0.39 is 0 Å². The van der Waals surface area contributed by atoms with Gasteiger partial charge in [0, 0.05) is 6.21 Å². The maximum atomic E-state index is 8.66. The van der Waals surface area contributed by atoms with Gasteiger partial charge in [-0.25, -0.2) is 0 Å². The number of nitriles is 1. The van der Waals surface area contributed by atoms with Crippen LogP contribution < -0.4 is 4.84 Å². The summed E-state index contributed by atoms with van der Waals surface area (Å²) in [6.45, 7) is 0. The second-order valence-electron chi connectivity index (χ2n) is 4.04. The lowest BCUT2D eigenvalue weighted by atomic mass is 10.1. The van der Waals surface area contributed by atoms with Crippen molar-refractivity contribution in [1.29, 1.82) is 5.26 Å². The molecule has 0 aliphatic heterocycles. The molecule has 0 fully saturated rings. The third kappa shape index (κ3) is 4.29. The van der Waals surface area contributed by atoms with Crippen molar-refractivity contribution in [3.8, 4) is 11.8 Å². The Bertz CT molecular complexity index is 568. The van der Waals surface area contributed by atoms with Crippen LogP contribution in [0, 0.1) is 11.3 Å². The predicted molar refractivity (Wildman–Crippen MR) is 75.0 cm³/mol. The Morgan fingerprint density at radius 3 is 2.47 bits per heavy atom. The minimum Gasteiger partial charge on any atom is -0.357 e. The second kappa shape index (κ2) is 6.97. The largest absolute Gasteiger partial charge is 0.357 e. The standard InChI is InChI=1S/C16H14N2O/c17-13-15-8-10-16(11-9-15)19-18-12-4-7-14-5-2-1-3-6-14/h1-3,5-6,8-12H,4,7H2/b18-12+. The topological polar surface area (TPSA) is 45.4 Å². The highest BCUT2D eigenvalue weighted by atomic mass is 16.6. The van der Waals surface area contributed by atoms with Crippen LogP contribution in [0.15, 0.2) is 59.8 Å². The quantitative estimate of drug-likeness (QED) is 0.601. The van der Waals surface area contributed by atoms with E-state index in [0.717, 1.165) is 12.8 Å². The first-order valence-corrected chi connectivity index (χ1v) is 6.11. The molecule has 0 aromatic heterocycles. The number of aryl methyl sites for hydroxylation is 1. The van der Waals surface area contributed by atoms with Crippen molar-refractivity contribution in [3.05, 3.63) is 65.7 Å². The highest BCUT2D eigenvalue weighted by Crippen LogP contribution is 2.11. The molecule has 0 aliphatic carbocycles. The van der Waals surface area contributed by atoms with Gasteiger partial charge >= 0.3 is 0 Å². The molecule has 0 N–H and O–H groups in total. The van der Waals surface area contributed by atoms with Gasteiger partial charge in [-0.1, -0.05) is 35.5 Å². The van der Waals surface area contributed by atoms with E-state index >= 15 is 0 Å². The molecule has 0 radical (unpaired) electrons. The summed E-state index contributed by atoms with van der Waals surface area (Å²) in [4.78, 5) is 5.20. The highest BCUT2D eigenvalue weighted by Gasteiger charge is 1.93. The van der Waals surface area contributed by atoms with E-state index in [1.165, 1.54) is 5.56 Å². The van der Waals surface area contributed by atoms with E-state index in [1.807, 2.05) is 18.2 Å². The molecule has 0 unspecified atom stereocenters. The first kappa shape index (κ1) is 12.8. The Kier molecular flexibility index (Phi) is 4.71. The average molecular weight is 250 g/mol. The summed E-state index contributed by atoms with van der Waals surface area (Å²) in [5.41, 5.74) is 1.90. The van der Waals surface area contributed by atoms with Gasteiger partial charge in [-0.2, -0.15) is 5.26 Å². The van der Waals surface area contributed by atoms with Gasteiger partial charge in [0.2, 0.25) is 0 Å². The van der Waals surface area contributed by atoms with Gasteiger partial charge in [-0.15, -0.1) is 0 Å². The molecule has 19 heavy (non-hydrogen) atoms. The molecule has 0 atom stereocenters. The summed E-state index contributed by atoms with van der Waals surface area (Å²) in [5, 5.41) is 12.6. The Balaban J connectivity index is 1.76. The summed E-state index contributed by atoms with van der Waals surface area (Å²) in [6.07, 6.45) is 3.53. The van der Waals surface area contributed by atoms with Crippen molar-refractivity contribution in [3.63, 3.8) is 0 Å². The molecule has 0 saturated carbocycles. The number of rotatable bonds is 5. The minimum atomic E-state index is 0.611. The highest BCUT2D eigenvalue weighted by molar-refractivity contribution is 5.57. The lowest BCUT2D eigenvalue weighted by Crippen LogP contribution is -1.88. The Hall–Kier alpha value is -2.60. The third-order valence-electron chi connectivity index (χ3n) is 2.62. The average Bonchev–Trinajstić information content (AvgIpc) is 2.49. The van der Waals surface area contributed by atoms with E-state index in [2.05, 4.69) is 23.4 Å². The summed E-state index contributed by atoms with van der Waals surface area (Å²) in [7, 11) is 0. The predicted octanol–water partition coefficient (Wildman–Crippen LogP) is 3.56. The summed E-state index contributed by atoms with van der Waals surface area (Å²) < 4.78 is 0. The van der Waals surface area contributed by atoms with Crippen molar-refractivity contribution in [2.24, 2.45) is 5.16 Å². The SMILES string of the molecule is N#Cc1ccc(O/N=C/CCc2ccccc2)cc1. The first-order chi connectivity index (χ1) is 9.38. The number of nitrogens with zero attached hydrogens (tertiary/aromatic N) is 2. The molecule has 0 aliphatic rings. The fraction of sp³-hybridized carbons (Fsp3) is 0.125. The molecule has 0 saturated heterocycles. The Morgan fingerprint density at radius 2 is 1.79 bits per heavy atom. The van der Waals surface area contributed by atoms with Gasteiger partial charge in [0.25, 0.3) is 0 Å². The van der Waals surface area contributed by atoms with Crippen molar-refractivity contribution < 1.29 is 4.84 Å². The molecular weight excluding hydrogens is 236 g/mol. The molecule has 3 nitrogen and oxygen atoms in total. The van der Waals surface area contributed by atoms with Crippen molar-refractivity contribution in [2.45, 2.75) is 12.8 Å². The molecule has 94 valence electrons. The van der Waals surface area contributed by atoms with Gasteiger partial charge in [0.15, 0.2) is 5.75 Å². The smallest absolute Gasteiger partial charge is 0.158 e. The maximum absolute atomic E-state index is 8.66. The van der Waals surface area contributed by atoms with E-state index in [4.69, 9.17) is 10.1 Å². The molecule has 2 rings (SSSR count). The zero-order valence-corrected chi connectivity index (χ0v) is 10.5. The molecule has 0 amide bonds. The van der Waals surface area contributed by atoms with Gasteiger partial charge in [-0.3, -0.25) is 0 Å². The monoisotopic (exact) mass is 250 g/mol. The van der Waals surface area contributed by atoms with Crippen LogP contribution in [-0.2, 0) is 6.42 Å². The van der Waals surface area contributed by atoms with Crippen molar-refractivity contribution >= 4 is 6.21 Å². The summed E-state index contributed by atoms with van der Waals surface area (Å²) in [5.74, 6) is 0.634. The molecule has 2 aromatic rings. The number of hydrogen-bond acceptors (Lipinski definition) is 3. The normalized spacial score (nSPS) is 10.3. The molecular formula is C16H14N2O. The maximum Gasteiger partial charge on any atom is 0.158 e. The fourth-order valence-electron chi connectivity index (χ4n) is 1.62. The number of benzene rings is 2. The van der Waals surface area contributed by atoms with Gasteiger partial charge < -0.3 is 4.84 Å². The Labute approximate surface area is 112 Å². The summed E-state index contributed by atoms with van der Waals surface area (Å²) in [6, 6.07) is 19.2. The van der Waals surface area contributed by atoms with Crippen LogP contribution in [0.2, 0.25) is 0 Å². The van der Waals surface area contributed by atoms with Crippen molar-refractivity contribution in [2.75, 3.05) is 0 Å². The van der Waals surface area contributed by atoms with E-state index in [9.17, 15) is 0 Å². The lowest BCUT2D eigenvalue weighted by Gasteiger charge is -1.98. The molecule has 3 heteroatoms. The van der Waals surface area contributed by atoms with Crippen LogP contribution >= 0.6 is 0 Å². The van der Waals surface area contributed by atoms with Gasteiger partial charge in [0.1, 0.15) is 0 Å². The van der Waals surface area contributed by atoms with Crippen LogP contribution in [-0.4, -0.2) is 6.21 Å². The van der Waals surface area contributed by atoms with Crippen LogP contribution in [0.1, 0.15) is 17.5 Å². The first-order valence-electron chi connectivity index (χ1n) is 6.11. The van der Waals surface area contributed by atoms with Crippen LogP contribution in [0.3, 0.4) is 0 Å². The molecule has 0 bridgehead atoms. The van der Waals surface area contributed by atoms with Crippen LogP contribution in [0.5, 0.6) is 5.75 Å². The van der Waals surface area contributed by atoms with Gasteiger partial charge in [0.05, 0.1) is 11.6 Å². The molecule has 0 heterocycles. The number of oxime groups is 1. The zero-order valence-electron chi connectivity index (χ0n) is 10.5. The fourth-order valence-corrected chi connectivity index (χ4v) is 1.62. The lowest BCUT2D eigenvalue weighted by molar-refractivity contribution is 0.342. The second-order valence-corrected chi connectivity index (χ2v) is 4.04. The van der Waals surface area contributed by atoms with Gasteiger partial charge in [-0.05, 0) is 42.7 Å².